The normalized spacial score (nSPS) is 15.1. The highest BCUT2D eigenvalue weighted by Gasteiger charge is 2.23. The van der Waals surface area contributed by atoms with Gasteiger partial charge in [-0.15, -0.1) is 0 Å². The summed E-state index contributed by atoms with van der Waals surface area (Å²) in [5.41, 5.74) is 1.59. The lowest BCUT2D eigenvalue weighted by Gasteiger charge is -2.30. The van der Waals surface area contributed by atoms with E-state index in [1.54, 1.807) is 0 Å². The topological polar surface area (TPSA) is 32.3 Å². The Balaban J connectivity index is 2.47. The summed E-state index contributed by atoms with van der Waals surface area (Å²) in [6.07, 6.45) is 3.15. The van der Waals surface area contributed by atoms with Crippen molar-refractivity contribution in [2.24, 2.45) is 5.92 Å². The van der Waals surface area contributed by atoms with Gasteiger partial charge in [0.05, 0.1) is 0 Å². The molecule has 2 nitrogen and oxygen atoms in total. The van der Waals surface area contributed by atoms with Gasteiger partial charge in [0.2, 0.25) is 0 Å². The Kier molecular flexibility index (Phi) is 7.25. The van der Waals surface area contributed by atoms with Crippen LogP contribution in [-0.2, 0) is 5.41 Å². The van der Waals surface area contributed by atoms with E-state index in [4.69, 9.17) is 5.11 Å². The molecule has 0 saturated heterocycles. The van der Waals surface area contributed by atoms with Gasteiger partial charge < -0.3 is 10.4 Å². The van der Waals surface area contributed by atoms with Crippen LogP contribution < -0.4 is 5.32 Å². The highest BCUT2D eigenvalue weighted by atomic mass is 16.3. The molecule has 2 N–H and O–H groups in total. The number of benzene rings is 1. The maximum Gasteiger partial charge on any atom is 0.0434 e. The first-order chi connectivity index (χ1) is 9.49. The molecule has 0 aliphatic rings. The summed E-state index contributed by atoms with van der Waals surface area (Å²) in [6.45, 7) is 10.4. The van der Waals surface area contributed by atoms with Crippen LogP contribution in [0.4, 0.5) is 0 Å². The Hall–Kier alpha value is -0.860. The molecule has 1 aromatic carbocycles. The molecule has 0 aromatic heterocycles. The van der Waals surface area contributed by atoms with Gasteiger partial charge in [-0.2, -0.15) is 0 Å². The van der Waals surface area contributed by atoms with Gasteiger partial charge in [-0.05, 0) is 43.2 Å². The van der Waals surface area contributed by atoms with Crippen molar-refractivity contribution in [2.75, 3.05) is 13.2 Å². The molecule has 0 heterocycles. The number of rotatable bonds is 9. The number of nitrogens with one attached hydrogen (secondary N) is 1. The monoisotopic (exact) mass is 277 g/mol. The molecule has 0 amide bonds. The Labute approximate surface area is 124 Å². The minimum Gasteiger partial charge on any atom is -0.396 e. The van der Waals surface area contributed by atoms with Gasteiger partial charge in [0.15, 0.2) is 0 Å². The van der Waals surface area contributed by atoms with Gasteiger partial charge in [-0.25, -0.2) is 0 Å². The fraction of sp³-hybridized carbons (Fsp3) is 0.667. The minimum absolute atomic E-state index is 0.187. The quantitative estimate of drug-likeness (QED) is 0.720. The van der Waals surface area contributed by atoms with Gasteiger partial charge in [0.25, 0.3) is 0 Å². The van der Waals surface area contributed by atoms with Crippen LogP contribution >= 0.6 is 0 Å². The molecule has 0 spiro atoms. The van der Waals surface area contributed by atoms with E-state index in [9.17, 15) is 0 Å². The zero-order valence-corrected chi connectivity index (χ0v) is 13.5. The third kappa shape index (κ3) is 5.64. The number of hydrogen-bond donors (Lipinski definition) is 2. The molecule has 0 aliphatic heterocycles. The lowest BCUT2D eigenvalue weighted by atomic mass is 9.79. The largest absolute Gasteiger partial charge is 0.396 e. The second-order valence-corrected chi connectivity index (χ2v) is 6.55. The Morgan fingerprint density at radius 1 is 1.20 bits per heavy atom. The van der Waals surface area contributed by atoms with Crippen molar-refractivity contribution in [3.63, 3.8) is 0 Å². The summed E-state index contributed by atoms with van der Waals surface area (Å²) >= 11 is 0. The van der Waals surface area contributed by atoms with E-state index in [0.717, 1.165) is 25.8 Å². The van der Waals surface area contributed by atoms with Crippen LogP contribution in [-0.4, -0.2) is 24.3 Å². The number of aliphatic hydroxyl groups is 1. The van der Waals surface area contributed by atoms with E-state index in [0.29, 0.717) is 18.6 Å². The first-order valence-electron chi connectivity index (χ1n) is 7.89. The fourth-order valence-electron chi connectivity index (χ4n) is 2.85. The predicted molar refractivity (Wildman–Crippen MR) is 87.0 cm³/mol. The molecule has 20 heavy (non-hydrogen) atoms. The van der Waals surface area contributed by atoms with Gasteiger partial charge in [-0.3, -0.25) is 0 Å². The summed E-state index contributed by atoms with van der Waals surface area (Å²) in [5.74, 6) is 0.585. The molecule has 1 rings (SSSR count). The van der Waals surface area contributed by atoms with Gasteiger partial charge >= 0.3 is 0 Å². The minimum atomic E-state index is 0.187. The van der Waals surface area contributed by atoms with Gasteiger partial charge in [-0.1, -0.05) is 57.5 Å². The van der Waals surface area contributed by atoms with Crippen molar-refractivity contribution < 1.29 is 5.11 Å². The summed E-state index contributed by atoms with van der Waals surface area (Å²) in [4.78, 5) is 0. The lowest BCUT2D eigenvalue weighted by molar-refractivity contribution is 0.246. The molecule has 2 heteroatoms. The van der Waals surface area contributed by atoms with Crippen LogP contribution in [0.15, 0.2) is 30.3 Å². The molecule has 0 bridgehead atoms. The predicted octanol–water partition coefficient (Wildman–Crippen LogP) is 3.74. The van der Waals surface area contributed by atoms with Crippen LogP contribution in [0.25, 0.3) is 0 Å². The lowest BCUT2D eigenvalue weighted by Crippen LogP contribution is -2.36. The molecule has 0 aliphatic carbocycles. The molecule has 114 valence electrons. The van der Waals surface area contributed by atoms with Crippen LogP contribution in [0.5, 0.6) is 0 Å². The summed E-state index contributed by atoms with van der Waals surface area (Å²) in [6, 6.07) is 11.2. The maximum atomic E-state index is 9.04. The van der Waals surface area contributed by atoms with Crippen molar-refractivity contribution in [3.8, 4) is 0 Å². The van der Waals surface area contributed by atoms with Crippen molar-refractivity contribution >= 4 is 0 Å². The van der Waals surface area contributed by atoms with E-state index >= 15 is 0 Å². The Morgan fingerprint density at radius 2 is 1.85 bits per heavy atom. The highest BCUT2D eigenvalue weighted by molar-refractivity contribution is 5.23. The zero-order chi connectivity index (χ0) is 15.0. The van der Waals surface area contributed by atoms with Gasteiger partial charge in [0.1, 0.15) is 0 Å². The number of aliphatic hydroxyl groups excluding tert-OH is 1. The highest BCUT2D eigenvalue weighted by Crippen LogP contribution is 2.28. The fourth-order valence-corrected chi connectivity index (χ4v) is 2.85. The number of hydrogen-bond acceptors (Lipinski definition) is 2. The van der Waals surface area contributed by atoms with Gasteiger partial charge in [0, 0.05) is 12.6 Å². The van der Waals surface area contributed by atoms with E-state index in [-0.39, 0.29) is 5.41 Å². The van der Waals surface area contributed by atoms with E-state index in [1.165, 1.54) is 5.56 Å². The molecule has 2 atom stereocenters. The standard InChI is InChI=1S/C18H31NO/c1-5-16(11-12-20)14-19-15(2)13-18(3,4)17-9-7-6-8-10-17/h6-10,15-16,19-20H,5,11-14H2,1-4H3. The SMILES string of the molecule is CCC(CCO)CNC(C)CC(C)(C)c1ccccc1. The Morgan fingerprint density at radius 3 is 2.40 bits per heavy atom. The molecule has 0 fully saturated rings. The first-order valence-corrected chi connectivity index (χ1v) is 7.89. The van der Waals surface area contributed by atoms with Crippen LogP contribution in [0.1, 0.15) is 52.5 Å². The first kappa shape index (κ1) is 17.2. The Bertz CT molecular complexity index is 361. The van der Waals surface area contributed by atoms with Crippen molar-refractivity contribution in [1.82, 2.24) is 5.32 Å². The summed E-state index contributed by atoms with van der Waals surface area (Å²) < 4.78 is 0. The van der Waals surface area contributed by atoms with Crippen molar-refractivity contribution in [2.45, 2.75) is 58.4 Å². The van der Waals surface area contributed by atoms with Crippen molar-refractivity contribution in [3.05, 3.63) is 35.9 Å². The molecule has 0 saturated carbocycles. The third-order valence-corrected chi connectivity index (χ3v) is 4.24. The van der Waals surface area contributed by atoms with E-state index in [1.807, 2.05) is 0 Å². The molecule has 0 radical (unpaired) electrons. The molecule has 1 aromatic rings. The van der Waals surface area contributed by atoms with Crippen LogP contribution in [0, 0.1) is 5.92 Å². The average molecular weight is 277 g/mol. The van der Waals surface area contributed by atoms with Crippen LogP contribution in [0.2, 0.25) is 0 Å². The molecular weight excluding hydrogens is 246 g/mol. The summed E-state index contributed by atoms with van der Waals surface area (Å²) in [7, 11) is 0. The second kappa shape index (κ2) is 8.43. The van der Waals surface area contributed by atoms with E-state index < -0.39 is 0 Å². The average Bonchev–Trinajstić information content (AvgIpc) is 2.44. The maximum absolute atomic E-state index is 9.04. The molecule has 2 unspecified atom stereocenters. The molecular formula is C18H31NO. The smallest absolute Gasteiger partial charge is 0.0434 e. The van der Waals surface area contributed by atoms with Crippen molar-refractivity contribution in [1.29, 1.82) is 0 Å². The third-order valence-electron chi connectivity index (χ3n) is 4.24. The van der Waals surface area contributed by atoms with E-state index in [2.05, 4.69) is 63.3 Å². The summed E-state index contributed by atoms with van der Waals surface area (Å²) in [5, 5.41) is 12.7. The second-order valence-electron chi connectivity index (χ2n) is 6.55. The van der Waals surface area contributed by atoms with Crippen LogP contribution in [0.3, 0.4) is 0 Å². The zero-order valence-electron chi connectivity index (χ0n) is 13.5.